The Hall–Kier alpha value is -0.980. The molecule has 0 spiro atoms. The number of nitrogens with zero attached hydrogens (tertiary/aromatic N) is 1. The van der Waals surface area contributed by atoms with Crippen LogP contribution in [0.2, 0.25) is 0 Å². The first-order valence-corrected chi connectivity index (χ1v) is 5.56. The van der Waals surface area contributed by atoms with E-state index in [1.165, 1.54) is 10.8 Å². The van der Waals surface area contributed by atoms with E-state index in [1.54, 1.807) is 46.9 Å². The zero-order valence-corrected chi connectivity index (χ0v) is 10.2. The van der Waals surface area contributed by atoms with Crippen LogP contribution < -0.4 is 0 Å². The Bertz CT molecular complexity index is 488. The molecule has 0 saturated heterocycles. The number of hydrogen-bond acceptors (Lipinski definition) is 0. The number of aromatic nitrogens is 1. The summed E-state index contributed by atoms with van der Waals surface area (Å²) in [6.07, 6.45) is -1.72. The number of halogens is 4. The number of alkyl halides is 3. The summed E-state index contributed by atoms with van der Waals surface area (Å²) >= 11 is 1.69. The minimum absolute atomic E-state index is 0.203. The fraction of sp³-hybridized carbons (Fsp3) is 0.0909. The van der Waals surface area contributed by atoms with Gasteiger partial charge in [-0.2, -0.15) is 13.2 Å². The maximum atomic E-state index is 12.6. The first-order valence-electron chi connectivity index (χ1n) is 4.48. The van der Waals surface area contributed by atoms with Crippen molar-refractivity contribution in [2.75, 3.05) is 0 Å². The lowest BCUT2D eigenvalue weighted by molar-refractivity contribution is -0.138. The van der Waals surface area contributed by atoms with E-state index in [2.05, 4.69) is 0 Å². The second-order valence-corrected chi connectivity index (χ2v) is 4.42. The first-order chi connectivity index (χ1) is 7.48. The second-order valence-electron chi connectivity index (χ2n) is 3.26. The third kappa shape index (κ3) is 2.23. The molecule has 0 saturated carbocycles. The van der Waals surface area contributed by atoms with E-state index in [1.807, 2.05) is 6.07 Å². The van der Waals surface area contributed by atoms with Gasteiger partial charge >= 0.3 is 6.18 Å². The van der Waals surface area contributed by atoms with Crippen LogP contribution >= 0.6 is 22.6 Å². The van der Waals surface area contributed by atoms with Crippen molar-refractivity contribution < 1.29 is 13.2 Å². The van der Waals surface area contributed by atoms with Crippen LogP contribution in [0.1, 0.15) is 5.56 Å². The molecule has 0 aliphatic heterocycles. The highest BCUT2D eigenvalue weighted by Gasteiger charge is 2.34. The Balaban J connectivity index is 2.47. The van der Waals surface area contributed by atoms with Crippen LogP contribution in [0.5, 0.6) is 0 Å². The summed E-state index contributed by atoms with van der Waals surface area (Å²) in [7, 11) is 0. The van der Waals surface area contributed by atoms with Crippen LogP contribution in [-0.2, 0) is 6.18 Å². The van der Waals surface area contributed by atoms with E-state index in [0.29, 0.717) is 0 Å². The maximum absolute atomic E-state index is 12.6. The van der Waals surface area contributed by atoms with Gasteiger partial charge in [0, 0.05) is 21.7 Å². The Labute approximate surface area is 104 Å². The largest absolute Gasteiger partial charge is 0.418 e. The molecule has 2 rings (SSSR count). The highest BCUT2D eigenvalue weighted by atomic mass is 127. The van der Waals surface area contributed by atoms with Crippen molar-refractivity contribution in [2.24, 2.45) is 0 Å². The average molecular weight is 337 g/mol. The third-order valence-electron chi connectivity index (χ3n) is 2.14. The molecule has 0 fully saturated rings. The van der Waals surface area contributed by atoms with Crippen molar-refractivity contribution in [3.8, 4) is 5.69 Å². The summed E-state index contributed by atoms with van der Waals surface area (Å²) < 4.78 is 39.4. The molecule has 0 unspecified atom stereocenters. The molecule has 0 amide bonds. The highest BCUT2D eigenvalue weighted by molar-refractivity contribution is 14.1. The van der Waals surface area contributed by atoms with E-state index in [4.69, 9.17) is 0 Å². The van der Waals surface area contributed by atoms with Gasteiger partial charge in [0.2, 0.25) is 0 Å². The van der Waals surface area contributed by atoms with E-state index < -0.39 is 11.7 Å². The van der Waals surface area contributed by atoms with Gasteiger partial charge in [0.15, 0.2) is 0 Å². The number of benzene rings is 1. The van der Waals surface area contributed by atoms with Crippen molar-refractivity contribution in [2.45, 2.75) is 6.18 Å². The van der Waals surface area contributed by atoms with Gasteiger partial charge in [0.05, 0.1) is 5.56 Å². The molecular weight excluding hydrogens is 330 g/mol. The summed E-state index contributed by atoms with van der Waals surface area (Å²) in [5.41, 5.74) is 0.118. The van der Waals surface area contributed by atoms with Crippen LogP contribution in [0.4, 0.5) is 13.2 Å². The van der Waals surface area contributed by atoms with E-state index >= 15 is 0 Å². The third-order valence-corrected chi connectivity index (χ3v) is 3.00. The van der Waals surface area contributed by atoms with Crippen molar-refractivity contribution in [3.05, 3.63) is 51.9 Å². The van der Waals surface area contributed by atoms with E-state index in [0.717, 1.165) is 11.9 Å². The lowest BCUT2D eigenvalue weighted by Gasteiger charge is -2.03. The standard InChI is InChI=1S/C11H7F3IN/c12-11(13,14)9-6-16(7-10(9)15)8-4-2-1-3-5-8/h1-7H. The van der Waals surface area contributed by atoms with Gasteiger partial charge in [-0.15, -0.1) is 0 Å². The van der Waals surface area contributed by atoms with Gasteiger partial charge < -0.3 is 4.57 Å². The Morgan fingerprint density at radius 3 is 2.12 bits per heavy atom. The molecule has 1 aromatic heterocycles. The van der Waals surface area contributed by atoms with Gasteiger partial charge in [-0.1, -0.05) is 18.2 Å². The summed E-state index contributed by atoms with van der Waals surface area (Å²) in [5.74, 6) is 0. The summed E-state index contributed by atoms with van der Waals surface area (Å²) in [6, 6.07) is 8.92. The van der Waals surface area contributed by atoms with Crippen LogP contribution in [-0.4, -0.2) is 4.57 Å². The topological polar surface area (TPSA) is 4.93 Å². The fourth-order valence-electron chi connectivity index (χ4n) is 1.39. The van der Waals surface area contributed by atoms with Crippen molar-refractivity contribution in [1.29, 1.82) is 0 Å². The number of para-hydroxylation sites is 1. The maximum Gasteiger partial charge on any atom is 0.418 e. The summed E-state index contributed by atoms with van der Waals surface area (Å²) in [6.45, 7) is 0. The summed E-state index contributed by atoms with van der Waals surface area (Å²) in [5, 5.41) is 0. The predicted molar refractivity (Wildman–Crippen MR) is 63.5 cm³/mol. The zero-order chi connectivity index (χ0) is 11.8. The molecule has 16 heavy (non-hydrogen) atoms. The van der Waals surface area contributed by atoms with Gasteiger partial charge in [-0.25, -0.2) is 0 Å². The van der Waals surface area contributed by atoms with Crippen LogP contribution in [0.25, 0.3) is 5.69 Å². The smallest absolute Gasteiger partial charge is 0.322 e. The van der Waals surface area contributed by atoms with Gasteiger partial charge in [-0.3, -0.25) is 0 Å². The molecular formula is C11H7F3IN. The fourth-order valence-corrected chi connectivity index (χ4v) is 2.13. The molecule has 0 bridgehead atoms. The van der Waals surface area contributed by atoms with Gasteiger partial charge in [0.25, 0.3) is 0 Å². The van der Waals surface area contributed by atoms with Crippen molar-refractivity contribution >= 4 is 22.6 Å². The molecule has 2 aromatic rings. The molecule has 0 aliphatic rings. The van der Waals surface area contributed by atoms with Crippen LogP contribution in [0.3, 0.4) is 0 Å². The molecule has 5 heteroatoms. The average Bonchev–Trinajstić information content (AvgIpc) is 2.61. The quantitative estimate of drug-likeness (QED) is 0.691. The molecule has 0 N–H and O–H groups in total. The SMILES string of the molecule is FC(F)(F)c1cn(-c2ccccc2)cc1I. The molecule has 1 heterocycles. The van der Waals surface area contributed by atoms with Crippen LogP contribution in [0.15, 0.2) is 42.7 Å². The monoisotopic (exact) mass is 337 g/mol. The molecule has 0 aliphatic carbocycles. The predicted octanol–water partition coefficient (Wildman–Crippen LogP) is 4.10. The van der Waals surface area contributed by atoms with Crippen LogP contribution in [0, 0.1) is 3.57 Å². The number of rotatable bonds is 1. The Kier molecular flexibility index (Phi) is 2.96. The summed E-state index contributed by atoms with van der Waals surface area (Å²) in [4.78, 5) is 0. The molecule has 1 nitrogen and oxygen atoms in total. The Morgan fingerprint density at radius 1 is 1.00 bits per heavy atom. The minimum Gasteiger partial charge on any atom is -0.322 e. The first kappa shape index (κ1) is 11.5. The lowest BCUT2D eigenvalue weighted by atomic mass is 10.3. The second kappa shape index (κ2) is 4.12. The van der Waals surface area contributed by atoms with Crippen molar-refractivity contribution in [3.63, 3.8) is 0 Å². The normalized spacial score (nSPS) is 11.8. The molecule has 84 valence electrons. The van der Waals surface area contributed by atoms with E-state index in [-0.39, 0.29) is 3.57 Å². The minimum atomic E-state index is -4.30. The molecule has 0 atom stereocenters. The van der Waals surface area contributed by atoms with Crippen molar-refractivity contribution in [1.82, 2.24) is 4.57 Å². The molecule has 0 radical (unpaired) electrons. The molecule has 1 aromatic carbocycles. The zero-order valence-electron chi connectivity index (χ0n) is 8.00. The Morgan fingerprint density at radius 2 is 1.62 bits per heavy atom. The van der Waals surface area contributed by atoms with E-state index in [9.17, 15) is 13.2 Å². The number of hydrogen-bond donors (Lipinski definition) is 0. The van der Waals surface area contributed by atoms with Gasteiger partial charge in [-0.05, 0) is 34.7 Å². The highest BCUT2D eigenvalue weighted by Crippen LogP contribution is 2.34. The van der Waals surface area contributed by atoms with Gasteiger partial charge in [0.1, 0.15) is 0 Å². The lowest BCUT2D eigenvalue weighted by Crippen LogP contribution is -2.04.